The lowest BCUT2D eigenvalue weighted by atomic mass is 9.87. The Balaban J connectivity index is 1.70. The second-order valence-corrected chi connectivity index (χ2v) is 7.28. The van der Waals surface area contributed by atoms with E-state index in [2.05, 4.69) is 50.0 Å². The van der Waals surface area contributed by atoms with Crippen LogP contribution in [-0.4, -0.2) is 61.7 Å². The molecule has 1 aromatic rings. The highest BCUT2D eigenvalue weighted by Gasteiger charge is 2.19. The lowest BCUT2D eigenvalue weighted by molar-refractivity contribution is 0.142. The number of ether oxygens (including phenoxy) is 1. The lowest BCUT2D eigenvalue weighted by Crippen LogP contribution is -2.52. The molecule has 5 nitrogen and oxygen atoms in total. The molecule has 1 aliphatic heterocycles. The van der Waals surface area contributed by atoms with Crippen LogP contribution in [0.5, 0.6) is 5.75 Å². The number of nitrogens with zero attached hydrogens (tertiary/aromatic N) is 2. The Hall–Kier alpha value is -1.75. The lowest BCUT2D eigenvalue weighted by Gasteiger charge is -2.33. The van der Waals surface area contributed by atoms with Crippen LogP contribution in [0, 0.1) is 0 Å². The highest BCUT2D eigenvalue weighted by atomic mass is 16.5. The van der Waals surface area contributed by atoms with Crippen molar-refractivity contribution in [3.05, 3.63) is 29.8 Å². The maximum absolute atomic E-state index is 12.1. The van der Waals surface area contributed by atoms with Crippen LogP contribution < -0.4 is 10.1 Å². The van der Waals surface area contributed by atoms with E-state index in [9.17, 15) is 4.79 Å². The molecule has 0 unspecified atom stereocenters. The van der Waals surface area contributed by atoms with Gasteiger partial charge in [-0.2, -0.15) is 0 Å². The van der Waals surface area contributed by atoms with Crippen LogP contribution in [0.25, 0.3) is 0 Å². The number of amides is 2. The Morgan fingerprint density at radius 2 is 1.92 bits per heavy atom. The molecule has 2 amide bonds. The zero-order chi connectivity index (χ0) is 17.6. The van der Waals surface area contributed by atoms with E-state index in [1.54, 1.807) is 0 Å². The van der Waals surface area contributed by atoms with Crippen LogP contribution in [0.2, 0.25) is 0 Å². The fourth-order valence-corrected chi connectivity index (χ4v) is 2.76. The van der Waals surface area contributed by atoms with Crippen LogP contribution in [-0.2, 0) is 5.41 Å². The molecular weight excluding hydrogens is 302 g/mol. The Kier molecular flexibility index (Phi) is 6.49. The van der Waals surface area contributed by atoms with Gasteiger partial charge < -0.3 is 19.9 Å². The molecule has 24 heavy (non-hydrogen) atoms. The fraction of sp³-hybridized carbons (Fsp3) is 0.632. The van der Waals surface area contributed by atoms with E-state index in [1.165, 1.54) is 5.56 Å². The number of carbonyl (C=O) groups excluding carboxylic acids is 1. The first kappa shape index (κ1) is 18.6. The van der Waals surface area contributed by atoms with Gasteiger partial charge in [0.25, 0.3) is 0 Å². The highest BCUT2D eigenvalue weighted by Crippen LogP contribution is 2.25. The maximum Gasteiger partial charge on any atom is 0.317 e. The molecule has 1 aromatic carbocycles. The zero-order valence-corrected chi connectivity index (χ0v) is 15.5. The van der Waals surface area contributed by atoms with E-state index in [1.807, 2.05) is 17.0 Å². The molecule has 0 radical (unpaired) electrons. The van der Waals surface area contributed by atoms with Gasteiger partial charge in [-0.25, -0.2) is 4.79 Å². The molecule has 1 N–H and O–H groups in total. The summed E-state index contributed by atoms with van der Waals surface area (Å²) in [6.07, 6.45) is 0. The van der Waals surface area contributed by atoms with Gasteiger partial charge in [-0.3, -0.25) is 0 Å². The molecule has 1 fully saturated rings. The van der Waals surface area contributed by atoms with Crippen molar-refractivity contribution in [2.75, 3.05) is 45.9 Å². The first-order chi connectivity index (χ1) is 11.4. The molecule has 1 saturated heterocycles. The van der Waals surface area contributed by atoms with Crippen molar-refractivity contribution in [2.45, 2.75) is 33.1 Å². The summed E-state index contributed by atoms with van der Waals surface area (Å²) in [6.45, 7) is 14.3. The molecule has 134 valence electrons. The van der Waals surface area contributed by atoms with Gasteiger partial charge in [-0.05, 0) is 29.7 Å². The van der Waals surface area contributed by atoms with Gasteiger partial charge in [-0.15, -0.1) is 0 Å². The number of nitrogens with one attached hydrogen (secondary N) is 1. The average Bonchev–Trinajstić information content (AvgIpc) is 2.58. The minimum absolute atomic E-state index is 0.0118. The molecule has 0 saturated carbocycles. The van der Waals surface area contributed by atoms with Gasteiger partial charge in [0, 0.05) is 26.2 Å². The van der Waals surface area contributed by atoms with Crippen molar-refractivity contribution < 1.29 is 9.53 Å². The fourth-order valence-electron chi connectivity index (χ4n) is 2.76. The zero-order valence-electron chi connectivity index (χ0n) is 15.5. The summed E-state index contributed by atoms with van der Waals surface area (Å²) in [7, 11) is 0. The van der Waals surface area contributed by atoms with E-state index in [0.717, 1.165) is 38.5 Å². The van der Waals surface area contributed by atoms with Gasteiger partial charge in [0.2, 0.25) is 0 Å². The average molecular weight is 333 g/mol. The van der Waals surface area contributed by atoms with Crippen LogP contribution in [0.1, 0.15) is 33.3 Å². The van der Waals surface area contributed by atoms with E-state index in [-0.39, 0.29) is 11.4 Å². The number of urea groups is 1. The monoisotopic (exact) mass is 333 g/mol. The number of hydrogen-bond acceptors (Lipinski definition) is 3. The molecule has 1 aliphatic rings. The summed E-state index contributed by atoms with van der Waals surface area (Å²) >= 11 is 0. The summed E-state index contributed by atoms with van der Waals surface area (Å²) < 4.78 is 5.77. The van der Waals surface area contributed by atoms with Crippen LogP contribution in [0.15, 0.2) is 24.3 Å². The molecule has 1 heterocycles. The quantitative estimate of drug-likeness (QED) is 0.843. The highest BCUT2D eigenvalue weighted by molar-refractivity contribution is 5.74. The Bertz CT molecular complexity index is 532. The number of carbonyl (C=O) groups is 1. The van der Waals surface area contributed by atoms with Crippen molar-refractivity contribution in [3.63, 3.8) is 0 Å². The standard InChI is InChI=1S/C19H31N3O2/c1-5-21-10-12-22(13-11-21)18(23)20-9-14-24-17-8-6-7-16(15-17)19(2,3)4/h6-8,15H,5,9-14H2,1-4H3,(H,20,23). The van der Waals surface area contributed by atoms with Gasteiger partial charge in [0.15, 0.2) is 0 Å². The topological polar surface area (TPSA) is 44.8 Å². The largest absolute Gasteiger partial charge is 0.492 e. The molecule has 0 bridgehead atoms. The van der Waals surface area contributed by atoms with Crippen molar-refractivity contribution in [2.24, 2.45) is 0 Å². The van der Waals surface area contributed by atoms with Crippen molar-refractivity contribution in [1.29, 1.82) is 0 Å². The minimum Gasteiger partial charge on any atom is -0.492 e. The third kappa shape index (κ3) is 5.41. The summed E-state index contributed by atoms with van der Waals surface area (Å²) in [6, 6.07) is 8.18. The molecule has 0 aliphatic carbocycles. The Labute approximate surface area is 146 Å². The molecule has 0 aromatic heterocycles. The minimum atomic E-state index is 0.0118. The van der Waals surface area contributed by atoms with E-state index >= 15 is 0 Å². The second-order valence-electron chi connectivity index (χ2n) is 7.28. The van der Waals surface area contributed by atoms with E-state index in [0.29, 0.717) is 13.2 Å². The third-order valence-electron chi connectivity index (χ3n) is 4.45. The smallest absolute Gasteiger partial charge is 0.317 e. The Morgan fingerprint density at radius 1 is 1.21 bits per heavy atom. The predicted octanol–water partition coefficient (Wildman–Crippen LogP) is 2.71. The van der Waals surface area contributed by atoms with Crippen LogP contribution >= 0.6 is 0 Å². The van der Waals surface area contributed by atoms with Gasteiger partial charge in [0.1, 0.15) is 12.4 Å². The SMILES string of the molecule is CCN1CCN(C(=O)NCCOc2cccc(C(C)(C)C)c2)CC1. The number of rotatable bonds is 5. The number of likely N-dealkylation sites (N-methyl/N-ethyl adjacent to an activating group) is 1. The van der Waals surface area contributed by atoms with Crippen molar-refractivity contribution in [3.8, 4) is 5.75 Å². The summed E-state index contributed by atoms with van der Waals surface area (Å²) in [5.74, 6) is 0.855. The molecule has 2 rings (SSSR count). The second kappa shape index (κ2) is 8.38. The van der Waals surface area contributed by atoms with E-state index in [4.69, 9.17) is 4.74 Å². The van der Waals surface area contributed by atoms with E-state index < -0.39 is 0 Å². The first-order valence-electron chi connectivity index (χ1n) is 8.88. The summed E-state index contributed by atoms with van der Waals surface area (Å²) in [4.78, 5) is 16.4. The maximum atomic E-state index is 12.1. The van der Waals surface area contributed by atoms with Gasteiger partial charge in [-0.1, -0.05) is 39.8 Å². The summed E-state index contributed by atoms with van der Waals surface area (Å²) in [5, 5.41) is 2.94. The normalized spacial score (nSPS) is 16.1. The van der Waals surface area contributed by atoms with Crippen LogP contribution in [0.3, 0.4) is 0 Å². The molecule has 5 heteroatoms. The first-order valence-corrected chi connectivity index (χ1v) is 8.88. The predicted molar refractivity (Wildman–Crippen MR) is 97.7 cm³/mol. The number of piperazine rings is 1. The number of benzene rings is 1. The summed E-state index contributed by atoms with van der Waals surface area (Å²) in [5.41, 5.74) is 1.35. The third-order valence-corrected chi connectivity index (χ3v) is 4.45. The molecular formula is C19H31N3O2. The molecule has 0 atom stereocenters. The molecule has 0 spiro atoms. The number of hydrogen-bond donors (Lipinski definition) is 1. The van der Waals surface area contributed by atoms with Gasteiger partial charge >= 0.3 is 6.03 Å². The Morgan fingerprint density at radius 3 is 2.54 bits per heavy atom. The van der Waals surface area contributed by atoms with Crippen molar-refractivity contribution >= 4 is 6.03 Å². The van der Waals surface area contributed by atoms with Gasteiger partial charge in [0.05, 0.1) is 6.54 Å². The van der Waals surface area contributed by atoms with Crippen LogP contribution in [0.4, 0.5) is 4.79 Å². The van der Waals surface area contributed by atoms with Crippen molar-refractivity contribution in [1.82, 2.24) is 15.1 Å².